The summed E-state index contributed by atoms with van der Waals surface area (Å²) >= 11 is 0. The minimum absolute atomic E-state index is 0.0147. The van der Waals surface area contributed by atoms with Crippen LogP contribution in [0.3, 0.4) is 0 Å². The standard InChI is InChI=1S/C112H94BN3SSi2/c1-79-47-65-90(66-48-79)117(91-67-49-80(2)50-68-91)108-45-29-27-43-104(108)116(105-44-28-30-46-109(105)117)89-77-106-110-107(78-89)115(88-63-71-99(72-64-88)119(95-37-21-12-22-38-95,96-39-23-13-24-40-96)97-41-25-14-26-42-97)103-74-56-84(82-53-59-86(60-54-82)112(6,7)8)76-101(103)113(110)100-75-83(81-51-57-85(58-52-81)111(3,4)5)55-73-102(100)114(106)87-61-69-98(70-62-87)118(92-31-15-9-16-32-92,93-33-17-10-18-34-93)94-35-19-11-20-36-94/h9-78H,1-8H3. The van der Waals surface area contributed by atoms with Crippen LogP contribution in [0.25, 0.3) is 22.3 Å². The molecule has 0 aliphatic carbocycles. The quantitative estimate of drug-likeness (QED) is 0.0748. The first-order valence-electron chi connectivity index (χ1n) is 41.9. The van der Waals surface area contributed by atoms with Crippen LogP contribution in [0, 0.1) is 13.8 Å². The second-order valence-electron chi connectivity index (χ2n) is 34.5. The van der Waals surface area contributed by atoms with E-state index in [-0.39, 0.29) is 17.5 Å². The maximum Gasteiger partial charge on any atom is 0.252 e. The van der Waals surface area contributed by atoms with E-state index in [1.54, 1.807) is 0 Å². The van der Waals surface area contributed by atoms with Crippen molar-refractivity contribution in [3.05, 3.63) is 447 Å². The Balaban J connectivity index is 0.897. The molecule has 17 aromatic rings. The molecule has 0 N–H and O–H groups in total. The summed E-state index contributed by atoms with van der Waals surface area (Å²) in [5, 5.41) is 10.6. The Morgan fingerprint density at radius 2 is 0.513 bits per heavy atom. The minimum Gasteiger partial charge on any atom is -0.311 e. The van der Waals surface area contributed by atoms with E-state index in [1.165, 1.54) is 122 Å². The van der Waals surface area contributed by atoms with Gasteiger partial charge in [-0.2, -0.15) is 0 Å². The summed E-state index contributed by atoms with van der Waals surface area (Å²) < 4.78 is 0. The van der Waals surface area contributed by atoms with E-state index >= 15 is 0 Å². The molecule has 0 spiro atoms. The lowest BCUT2D eigenvalue weighted by Crippen LogP contribution is -2.74. The van der Waals surface area contributed by atoms with Crippen LogP contribution < -0.4 is 72.6 Å². The lowest BCUT2D eigenvalue weighted by Gasteiger charge is -2.50. The van der Waals surface area contributed by atoms with Crippen LogP contribution in [0.1, 0.15) is 63.8 Å². The zero-order chi connectivity index (χ0) is 80.8. The highest BCUT2D eigenvalue weighted by Gasteiger charge is 2.49. The number of para-hydroxylation sites is 2. The zero-order valence-corrected chi connectivity index (χ0v) is 71.6. The fraction of sp³-hybridized carbons (Fsp3) is 0.0893. The summed E-state index contributed by atoms with van der Waals surface area (Å²) in [6.45, 7) is 18.0. The molecule has 3 nitrogen and oxygen atoms in total. The molecule has 7 heteroatoms. The number of benzene rings is 17. The summed E-state index contributed by atoms with van der Waals surface area (Å²) in [7, 11) is -8.14. The van der Waals surface area contributed by atoms with Crippen LogP contribution in [0.5, 0.6) is 0 Å². The van der Waals surface area contributed by atoms with Crippen LogP contribution in [0.4, 0.5) is 51.2 Å². The van der Waals surface area contributed by atoms with Gasteiger partial charge in [-0.3, -0.25) is 0 Å². The number of anilines is 9. The second-order valence-corrected chi connectivity index (χ2v) is 45.2. The van der Waals surface area contributed by atoms with Gasteiger partial charge in [0.05, 0.1) is 17.1 Å². The van der Waals surface area contributed by atoms with E-state index in [2.05, 4.69) is 495 Å². The number of hydrogen-bond acceptors (Lipinski definition) is 3. The van der Waals surface area contributed by atoms with E-state index in [9.17, 15) is 0 Å². The third kappa shape index (κ3) is 12.5. The van der Waals surface area contributed by atoms with Gasteiger partial charge in [-0.1, -0.05) is 380 Å². The van der Waals surface area contributed by atoms with Crippen molar-refractivity contribution in [2.75, 3.05) is 14.7 Å². The Kier molecular flexibility index (Phi) is 18.8. The molecule has 3 heterocycles. The molecule has 0 atom stereocenters. The first kappa shape index (κ1) is 74.8. The van der Waals surface area contributed by atoms with Crippen LogP contribution in [0.15, 0.2) is 444 Å². The van der Waals surface area contributed by atoms with Crippen LogP contribution in [0.2, 0.25) is 0 Å². The van der Waals surface area contributed by atoms with Crippen molar-refractivity contribution in [1.82, 2.24) is 0 Å². The molecule has 3 aliphatic heterocycles. The molecule has 0 radical (unpaired) electrons. The predicted molar refractivity (Wildman–Crippen MR) is 514 cm³/mol. The van der Waals surface area contributed by atoms with Gasteiger partial charge < -0.3 is 14.7 Å². The number of rotatable bonds is 15. The summed E-state index contributed by atoms with van der Waals surface area (Å²) in [5.74, 6) is 0. The van der Waals surface area contributed by atoms with Crippen molar-refractivity contribution in [2.24, 2.45) is 0 Å². The first-order chi connectivity index (χ1) is 58.1. The van der Waals surface area contributed by atoms with E-state index in [0.717, 1.165) is 51.2 Å². The monoisotopic (exact) mass is 1580 g/mol. The Morgan fingerprint density at radius 1 is 0.235 bits per heavy atom. The van der Waals surface area contributed by atoms with Crippen molar-refractivity contribution in [1.29, 1.82) is 0 Å². The number of nitrogens with zero attached hydrogens (tertiary/aromatic N) is 3. The molecule has 119 heavy (non-hydrogen) atoms. The number of fused-ring (bicyclic) bond motifs is 6. The van der Waals surface area contributed by atoms with Gasteiger partial charge in [-0.25, -0.2) is 0 Å². The molecule has 0 saturated carbocycles. The molecule has 3 aliphatic rings. The first-order valence-corrected chi connectivity index (χ1v) is 47.5. The smallest absolute Gasteiger partial charge is 0.252 e. The van der Waals surface area contributed by atoms with Crippen LogP contribution >= 0.6 is 10.0 Å². The molecular formula is C112H94BN3SSi2. The van der Waals surface area contributed by atoms with Gasteiger partial charge >= 0.3 is 0 Å². The molecule has 0 saturated heterocycles. The van der Waals surface area contributed by atoms with Gasteiger partial charge in [0.15, 0.2) is 16.1 Å². The molecule has 0 fully saturated rings. The van der Waals surface area contributed by atoms with E-state index < -0.39 is 26.2 Å². The predicted octanol–water partition coefficient (Wildman–Crippen LogP) is 22.2. The average molecular weight is 1580 g/mol. The number of aryl methyl sites for hydroxylation is 2. The van der Waals surface area contributed by atoms with Gasteiger partial charge in [0.2, 0.25) is 0 Å². The fourth-order valence-corrected chi connectivity index (χ4v) is 33.3. The van der Waals surface area contributed by atoms with E-state index in [1.807, 2.05) is 0 Å². The van der Waals surface area contributed by atoms with Gasteiger partial charge in [-0.15, -0.1) is 10.0 Å². The Morgan fingerprint density at radius 3 is 0.824 bits per heavy atom. The molecular weight excluding hydrogens is 1490 g/mol. The van der Waals surface area contributed by atoms with Crippen molar-refractivity contribution in [3.8, 4) is 22.3 Å². The largest absolute Gasteiger partial charge is 0.311 e. The molecule has 0 unspecified atom stereocenters. The zero-order valence-electron chi connectivity index (χ0n) is 68.7. The highest BCUT2D eigenvalue weighted by atomic mass is 32.3. The molecule has 0 bridgehead atoms. The molecule has 0 amide bonds. The number of hydrogen-bond donors (Lipinski definition) is 0. The maximum atomic E-state index is 2.65. The van der Waals surface area contributed by atoms with Crippen LogP contribution in [-0.4, -0.2) is 22.9 Å². The summed E-state index contributed by atoms with van der Waals surface area (Å²) in [4.78, 5) is 13.1. The van der Waals surface area contributed by atoms with Crippen LogP contribution in [-0.2, 0) is 10.8 Å². The topological polar surface area (TPSA) is 9.72 Å². The molecule has 574 valence electrons. The third-order valence-electron chi connectivity index (χ3n) is 25.5. The van der Waals surface area contributed by atoms with E-state index in [0.29, 0.717) is 0 Å². The lowest BCUT2D eigenvalue weighted by molar-refractivity contribution is 0.590. The Hall–Kier alpha value is -13.0. The van der Waals surface area contributed by atoms with Crippen molar-refractivity contribution < 1.29 is 0 Å². The third-order valence-corrected chi connectivity index (χ3v) is 39.0. The van der Waals surface area contributed by atoms with Crippen molar-refractivity contribution >= 4 is 142 Å². The average Bonchev–Trinajstić information content (AvgIpc) is 0.686. The molecule has 20 rings (SSSR count). The summed E-state index contributed by atoms with van der Waals surface area (Å²) in [6, 6.07) is 164. The lowest BCUT2D eigenvalue weighted by atomic mass is 9.33. The maximum absolute atomic E-state index is 2.99. The van der Waals surface area contributed by atoms with Gasteiger partial charge in [0, 0.05) is 53.7 Å². The highest BCUT2D eigenvalue weighted by molar-refractivity contribution is 8.34. The van der Waals surface area contributed by atoms with Gasteiger partial charge in [-0.05, 0) is 213 Å². The SMILES string of the molecule is Cc1ccc(S2(c3ccc(C)cc3)c3ccccc3N(c3cc4c5c(c3)N(c3ccc([Si](c6ccccc6)(c6ccccc6)c6ccccc6)cc3)c3ccc(-c6ccc(C(C)(C)C)cc6)cc3B5c3cc(-c5ccc(C(C)(C)C)cc5)ccc3N4c3ccc([Si](c4ccccc4)(c4ccccc4)c4ccccc4)cc3)c3ccccc32)cc1. The van der Waals surface area contributed by atoms with E-state index in [4.69, 9.17) is 0 Å². The minimum atomic E-state index is -2.99. The van der Waals surface area contributed by atoms with Crippen molar-refractivity contribution in [3.63, 3.8) is 0 Å². The molecule has 0 aromatic heterocycles. The van der Waals surface area contributed by atoms with Gasteiger partial charge in [0.25, 0.3) is 6.71 Å². The van der Waals surface area contributed by atoms with Crippen molar-refractivity contribution in [2.45, 2.75) is 85.8 Å². The summed E-state index contributed by atoms with van der Waals surface area (Å²) in [5.41, 5.74) is 23.6. The fourth-order valence-electron chi connectivity index (χ4n) is 19.7. The normalized spacial score (nSPS) is 13.6. The highest BCUT2D eigenvalue weighted by Crippen LogP contribution is 2.79. The Bertz CT molecular complexity index is 6010. The summed E-state index contributed by atoms with van der Waals surface area (Å²) in [6.07, 6.45) is 0. The van der Waals surface area contributed by atoms with Gasteiger partial charge in [0.1, 0.15) is 0 Å². The second kappa shape index (κ2) is 29.9. The molecule has 17 aromatic carbocycles. The Labute approximate surface area is 706 Å².